The first-order chi connectivity index (χ1) is 17.7. The van der Waals surface area contributed by atoms with Crippen LogP contribution in [0.3, 0.4) is 0 Å². The average Bonchev–Trinajstić information content (AvgIpc) is 3.71. The molecule has 2 bridgehead atoms. The van der Waals surface area contributed by atoms with Crippen LogP contribution in [-0.2, 0) is 13.0 Å². The molecule has 1 saturated heterocycles. The van der Waals surface area contributed by atoms with Crippen molar-refractivity contribution in [1.29, 1.82) is 0 Å². The first-order valence-electron chi connectivity index (χ1n) is 14.3. The predicted octanol–water partition coefficient (Wildman–Crippen LogP) is 5.27. The molecule has 0 spiro atoms. The minimum Gasteiger partial charge on any atom is -0.493 e. The second kappa shape index (κ2) is 12.7. The summed E-state index contributed by atoms with van der Waals surface area (Å²) >= 11 is 0. The summed E-state index contributed by atoms with van der Waals surface area (Å²) in [6.07, 6.45) is 10.9. The van der Waals surface area contributed by atoms with Crippen LogP contribution in [0.25, 0.3) is 0 Å². The smallest absolute Gasteiger partial charge is 0.251 e. The maximum atomic E-state index is 13.0. The molecule has 2 aromatic rings. The number of nitrogens with zero attached hydrogens (tertiary/aromatic N) is 2. The van der Waals surface area contributed by atoms with Crippen LogP contribution in [0.1, 0.15) is 78.4 Å². The Morgan fingerprint density at radius 3 is 2.50 bits per heavy atom. The van der Waals surface area contributed by atoms with E-state index in [0.29, 0.717) is 6.54 Å². The molecule has 2 fully saturated rings. The topological polar surface area (TPSA) is 44.8 Å². The number of hydrogen-bond acceptors (Lipinski definition) is 4. The van der Waals surface area contributed by atoms with Gasteiger partial charge in [-0.2, -0.15) is 0 Å². The minimum atomic E-state index is 0.0127. The van der Waals surface area contributed by atoms with E-state index in [-0.39, 0.29) is 5.91 Å². The number of carbonyl (C=O) groups excluding carboxylic acids is 1. The molecule has 3 aliphatic rings. The Bertz CT molecular complexity index is 997. The van der Waals surface area contributed by atoms with Crippen LogP contribution in [-0.4, -0.2) is 61.6 Å². The number of fused-ring (bicyclic) bond motifs is 3. The number of benzene rings is 2. The molecule has 2 aromatic carbocycles. The van der Waals surface area contributed by atoms with Gasteiger partial charge in [0.1, 0.15) is 5.75 Å². The molecule has 5 nitrogen and oxygen atoms in total. The largest absolute Gasteiger partial charge is 0.493 e. The van der Waals surface area contributed by atoms with Crippen molar-refractivity contribution in [2.45, 2.75) is 64.3 Å². The number of piperidine rings is 1. The van der Waals surface area contributed by atoms with E-state index in [4.69, 9.17) is 4.74 Å². The fourth-order valence-corrected chi connectivity index (χ4v) is 5.63. The van der Waals surface area contributed by atoms with Crippen molar-refractivity contribution >= 4 is 5.91 Å². The highest BCUT2D eigenvalue weighted by atomic mass is 16.5. The van der Waals surface area contributed by atoms with Gasteiger partial charge < -0.3 is 15.0 Å². The fraction of sp³-hybridized carbons (Fsp3) is 0.581. The molecule has 1 N–H and O–H groups in total. The number of amides is 1. The Morgan fingerprint density at radius 2 is 1.67 bits per heavy atom. The van der Waals surface area contributed by atoms with Crippen LogP contribution in [0, 0.1) is 5.92 Å². The second-order valence-electron chi connectivity index (χ2n) is 11.1. The molecule has 194 valence electrons. The van der Waals surface area contributed by atoms with Crippen molar-refractivity contribution in [2.24, 2.45) is 5.92 Å². The highest BCUT2D eigenvalue weighted by molar-refractivity contribution is 5.94. The minimum absolute atomic E-state index is 0.0127. The second-order valence-corrected chi connectivity index (χ2v) is 11.1. The molecule has 1 amide bonds. The van der Waals surface area contributed by atoms with E-state index < -0.39 is 0 Å². The lowest BCUT2D eigenvalue weighted by Crippen LogP contribution is -2.37. The summed E-state index contributed by atoms with van der Waals surface area (Å²) in [6.45, 7) is 8.13. The van der Waals surface area contributed by atoms with Crippen molar-refractivity contribution in [3.05, 3.63) is 64.7 Å². The molecular weight excluding hydrogens is 446 g/mol. The maximum absolute atomic E-state index is 13.0. The Morgan fingerprint density at radius 1 is 0.889 bits per heavy atom. The van der Waals surface area contributed by atoms with Crippen molar-refractivity contribution in [3.63, 3.8) is 0 Å². The number of nitrogens with one attached hydrogen (secondary N) is 1. The van der Waals surface area contributed by atoms with Gasteiger partial charge in [-0.05, 0) is 105 Å². The van der Waals surface area contributed by atoms with Crippen molar-refractivity contribution in [1.82, 2.24) is 15.1 Å². The summed E-state index contributed by atoms with van der Waals surface area (Å²) in [5.41, 5.74) is 4.49. The molecule has 0 atom stereocenters. The van der Waals surface area contributed by atoms with Gasteiger partial charge in [-0.3, -0.25) is 9.69 Å². The van der Waals surface area contributed by atoms with Gasteiger partial charge >= 0.3 is 0 Å². The first-order valence-corrected chi connectivity index (χ1v) is 14.3. The van der Waals surface area contributed by atoms with Crippen LogP contribution in [0.5, 0.6) is 5.75 Å². The molecule has 5 heteroatoms. The van der Waals surface area contributed by atoms with E-state index in [2.05, 4.69) is 39.4 Å². The van der Waals surface area contributed by atoms with Crippen LogP contribution in [0.2, 0.25) is 0 Å². The highest BCUT2D eigenvalue weighted by Gasteiger charge is 2.24. The fourth-order valence-electron chi connectivity index (χ4n) is 5.63. The van der Waals surface area contributed by atoms with E-state index in [0.717, 1.165) is 68.4 Å². The molecule has 2 heterocycles. The zero-order valence-corrected chi connectivity index (χ0v) is 21.9. The summed E-state index contributed by atoms with van der Waals surface area (Å²) in [5, 5.41) is 3.14. The monoisotopic (exact) mass is 489 g/mol. The molecule has 5 rings (SSSR count). The summed E-state index contributed by atoms with van der Waals surface area (Å²) in [4.78, 5) is 18.1. The molecule has 0 unspecified atom stereocenters. The van der Waals surface area contributed by atoms with E-state index in [1.54, 1.807) is 0 Å². The molecule has 1 aliphatic carbocycles. The number of ether oxygens (including phenoxy) is 1. The van der Waals surface area contributed by atoms with Crippen molar-refractivity contribution in [2.75, 3.05) is 45.9 Å². The number of carbonyl (C=O) groups is 1. The van der Waals surface area contributed by atoms with Gasteiger partial charge in [-0.15, -0.1) is 0 Å². The molecular formula is C31H43N3O2. The molecule has 1 saturated carbocycles. The lowest BCUT2D eigenvalue weighted by Gasteiger charge is -2.26. The molecule has 2 aliphatic heterocycles. The van der Waals surface area contributed by atoms with Gasteiger partial charge in [0.05, 0.1) is 6.61 Å². The molecule has 0 aromatic heterocycles. The van der Waals surface area contributed by atoms with Gasteiger partial charge in [0.15, 0.2) is 0 Å². The zero-order valence-electron chi connectivity index (χ0n) is 21.9. The normalized spacial score (nSPS) is 20.1. The van der Waals surface area contributed by atoms with E-state index in [1.165, 1.54) is 69.2 Å². The number of likely N-dealkylation sites (tertiary alicyclic amines) is 1. The number of rotatable bonds is 6. The Kier molecular flexibility index (Phi) is 8.95. The molecule has 36 heavy (non-hydrogen) atoms. The van der Waals surface area contributed by atoms with Gasteiger partial charge in [0, 0.05) is 38.2 Å². The summed E-state index contributed by atoms with van der Waals surface area (Å²) in [5.74, 6) is 1.84. The van der Waals surface area contributed by atoms with E-state index in [1.807, 2.05) is 18.2 Å². The quantitative estimate of drug-likeness (QED) is 0.601. The lowest BCUT2D eigenvalue weighted by molar-refractivity contribution is 0.0946. The van der Waals surface area contributed by atoms with Gasteiger partial charge in [-0.1, -0.05) is 30.7 Å². The summed E-state index contributed by atoms with van der Waals surface area (Å²) < 4.78 is 6.25. The Balaban J connectivity index is 1.28. The number of hydrogen-bond donors (Lipinski definition) is 1. The van der Waals surface area contributed by atoms with Gasteiger partial charge in [-0.25, -0.2) is 0 Å². The van der Waals surface area contributed by atoms with Gasteiger partial charge in [0.25, 0.3) is 5.91 Å². The Labute approximate surface area is 217 Å². The maximum Gasteiger partial charge on any atom is 0.251 e. The van der Waals surface area contributed by atoms with Crippen LogP contribution < -0.4 is 10.1 Å². The van der Waals surface area contributed by atoms with E-state index >= 15 is 0 Å². The van der Waals surface area contributed by atoms with Crippen molar-refractivity contribution in [3.8, 4) is 5.75 Å². The lowest BCUT2D eigenvalue weighted by atomic mass is 9.99. The molecule has 0 radical (unpaired) electrons. The summed E-state index contributed by atoms with van der Waals surface area (Å²) in [7, 11) is 0. The Hall–Kier alpha value is -2.37. The van der Waals surface area contributed by atoms with Crippen molar-refractivity contribution < 1.29 is 9.53 Å². The predicted molar refractivity (Wildman–Crippen MR) is 146 cm³/mol. The third-order valence-corrected chi connectivity index (χ3v) is 7.87. The zero-order chi connectivity index (χ0) is 24.6. The van der Waals surface area contributed by atoms with Crippen LogP contribution in [0.4, 0.5) is 0 Å². The first kappa shape index (κ1) is 25.3. The third-order valence-electron chi connectivity index (χ3n) is 7.87. The van der Waals surface area contributed by atoms with Crippen LogP contribution in [0.15, 0.2) is 42.5 Å². The average molecular weight is 490 g/mol. The standard InChI is InChI=1S/C31H43N3O2/c35-31(32-14-18-33-15-3-1-4-16-33)28-12-13-30-29(22-28)21-26-8-7-9-27(20-26)24-34(23-25-10-11-25)17-5-2-6-19-36-30/h7-9,12-13,20,22,25H,1-6,10-11,14-19,21,23-24H2,(H,32,35). The third kappa shape index (κ3) is 7.57. The van der Waals surface area contributed by atoms with Crippen LogP contribution >= 0.6 is 0 Å². The van der Waals surface area contributed by atoms with E-state index in [9.17, 15) is 4.79 Å². The highest BCUT2D eigenvalue weighted by Crippen LogP contribution is 2.31. The summed E-state index contributed by atoms with van der Waals surface area (Å²) in [6, 6.07) is 15.0. The van der Waals surface area contributed by atoms with Gasteiger partial charge in [0.2, 0.25) is 0 Å². The SMILES string of the molecule is O=C(NCCN1CCCCC1)c1ccc2c(c1)Cc1cccc(c1)CN(CC1CC1)CCCCCO2.